The highest BCUT2D eigenvalue weighted by atomic mass is 16.5. The first-order valence-electron chi connectivity index (χ1n) is 5.09. The SMILES string of the molecule is COCCCC(O)C1CCCOC1. The standard InChI is InChI=1S/C10H20O3/c1-12-6-3-5-10(11)9-4-2-7-13-8-9/h9-11H,2-8H2,1H3. The lowest BCUT2D eigenvalue weighted by molar-refractivity contribution is -0.0144. The zero-order chi connectivity index (χ0) is 9.52. The normalized spacial score (nSPS) is 25.8. The van der Waals surface area contributed by atoms with E-state index in [0.29, 0.717) is 5.92 Å². The van der Waals surface area contributed by atoms with Crippen LogP contribution in [0.25, 0.3) is 0 Å². The highest BCUT2D eigenvalue weighted by molar-refractivity contribution is 4.71. The monoisotopic (exact) mass is 188 g/mol. The minimum absolute atomic E-state index is 0.199. The van der Waals surface area contributed by atoms with E-state index < -0.39 is 0 Å². The summed E-state index contributed by atoms with van der Waals surface area (Å²) in [6, 6.07) is 0. The molecule has 0 aromatic carbocycles. The van der Waals surface area contributed by atoms with E-state index in [9.17, 15) is 5.11 Å². The van der Waals surface area contributed by atoms with E-state index in [1.807, 2.05) is 0 Å². The molecule has 0 aromatic rings. The Morgan fingerprint density at radius 2 is 2.46 bits per heavy atom. The Bertz CT molecular complexity index is 121. The molecule has 1 aliphatic rings. The maximum atomic E-state index is 9.77. The third-order valence-electron chi connectivity index (χ3n) is 2.59. The fourth-order valence-corrected chi connectivity index (χ4v) is 1.74. The first kappa shape index (κ1) is 11.0. The van der Waals surface area contributed by atoms with Gasteiger partial charge in [-0.1, -0.05) is 0 Å². The molecule has 1 heterocycles. The van der Waals surface area contributed by atoms with Crippen LogP contribution in [0.2, 0.25) is 0 Å². The quantitative estimate of drug-likeness (QED) is 0.659. The molecule has 0 aromatic heterocycles. The van der Waals surface area contributed by atoms with E-state index in [1.54, 1.807) is 7.11 Å². The Hall–Kier alpha value is -0.120. The molecule has 0 saturated carbocycles. The second-order valence-electron chi connectivity index (χ2n) is 3.68. The lowest BCUT2D eigenvalue weighted by Gasteiger charge is -2.26. The fraction of sp³-hybridized carbons (Fsp3) is 1.00. The van der Waals surface area contributed by atoms with Crippen LogP contribution in [0, 0.1) is 5.92 Å². The average molecular weight is 188 g/mol. The van der Waals surface area contributed by atoms with Crippen LogP contribution >= 0.6 is 0 Å². The van der Waals surface area contributed by atoms with Gasteiger partial charge in [-0.05, 0) is 25.7 Å². The van der Waals surface area contributed by atoms with Gasteiger partial charge in [-0.15, -0.1) is 0 Å². The third kappa shape index (κ3) is 4.07. The molecule has 0 radical (unpaired) electrons. The van der Waals surface area contributed by atoms with Crippen molar-refractivity contribution >= 4 is 0 Å². The van der Waals surface area contributed by atoms with Gasteiger partial charge in [-0.3, -0.25) is 0 Å². The number of aliphatic hydroxyl groups excluding tert-OH is 1. The predicted octanol–water partition coefficient (Wildman–Crippen LogP) is 1.20. The van der Waals surface area contributed by atoms with Gasteiger partial charge in [-0.2, -0.15) is 0 Å². The molecule has 1 fully saturated rings. The van der Waals surface area contributed by atoms with Crippen LogP contribution < -0.4 is 0 Å². The molecule has 1 aliphatic heterocycles. The zero-order valence-electron chi connectivity index (χ0n) is 8.37. The summed E-state index contributed by atoms with van der Waals surface area (Å²) in [5, 5.41) is 9.77. The molecule has 3 heteroatoms. The van der Waals surface area contributed by atoms with Gasteiger partial charge < -0.3 is 14.6 Å². The molecule has 2 atom stereocenters. The van der Waals surface area contributed by atoms with E-state index in [2.05, 4.69) is 0 Å². The van der Waals surface area contributed by atoms with Crippen LogP contribution in [0.5, 0.6) is 0 Å². The van der Waals surface area contributed by atoms with Crippen molar-refractivity contribution in [1.29, 1.82) is 0 Å². The van der Waals surface area contributed by atoms with Crippen molar-refractivity contribution in [1.82, 2.24) is 0 Å². The van der Waals surface area contributed by atoms with Crippen molar-refractivity contribution in [3.8, 4) is 0 Å². The average Bonchev–Trinajstić information content (AvgIpc) is 2.19. The maximum absolute atomic E-state index is 9.77. The minimum atomic E-state index is -0.199. The molecule has 0 aliphatic carbocycles. The molecular weight excluding hydrogens is 168 g/mol. The Balaban J connectivity index is 2.09. The highest BCUT2D eigenvalue weighted by Crippen LogP contribution is 2.20. The van der Waals surface area contributed by atoms with Crippen LogP contribution in [0.3, 0.4) is 0 Å². The van der Waals surface area contributed by atoms with E-state index >= 15 is 0 Å². The Morgan fingerprint density at radius 3 is 3.08 bits per heavy atom. The number of ether oxygens (including phenoxy) is 2. The van der Waals surface area contributed by atoms with Crippen molar-refractivity contribution in [3.63, 3.8) is 0 Å². The van der Waals surface area contributed by atoms with Gasteiger partial charge in [0, 0.05) is 26.2 Å². The van der Waals surface area contributed by atoms with Gasteiger partial charge in [0.1, 0.15) is 0 Å². The van der Waals surface area contributed by atoms with Crippen LogP contribution in [-0.2, 0) is 9.47 Å². The highest BCUT2D eigenvalue weighted by Gasteiger charge is 2.21. The molecule has 1 rings (SSSR count). The summed E-state index contributed by atoms with van der Waals surface area (Å²) in [6.07, 6.45) is 3.77. The molecule has 3 nitrogen and oxygen atoms in total. The molecule has 0 spiro atoms. The van der Waals surface area contributed by atoms with E-state index in [4.69, 9.17) is 9.47 Å². The third-order valence-corrected chi connectivity index (χ3v) is 2.59. The first-order chi connectivity index (χ1) is 6.34. The topological polar surface area (TPSA) is 38.7 Å². The second-order valence-corrected chi connectivity index (χ2v) is 3.68. The summed E-state index contributed by atoms with van der Waals surface area (Å²) in [5.41, 5.74) is 0. The summed E-state index contributed by atoms with van der Waals surface area (Å²) < 4.78 is 10.3. The molecule has 1 saturated heterocycles. The van der Waals surface area contributed by atoms with Gasteiger partial charge in [0.2, 0.25) is 0 Å². The van der Waals surface area contributed by atoms with Crippen molar-refractivity contribution in [2.24, 2.45) is 5.92 Å². The van der Waals surface area contributed by atoms with Crippen molar-refractivity contribution in [2.45, 2.75) is 31.8 Å². The molecule has 0 bridgehead atoms. The van der Waals surface area contributed by atoms with Crippen LogP contribution in [0.4, 0.5) is 0 Å². The molecule has 0 amide bonds. The van der Waals surface area contributed by atoms with Crippen LogP contribution in [-0.4, -0.2) is 38.1 Å². The maximum Gasteiger partial charge on any atom is 0.0591 e. The van der Waals surface area contributed by atoms with E-state index in [1.165, 1.54) is 0 Å². The lowest BCUT2D eigenvalue weighted by Crippen LogP contribution is -2.29. The molecule has 78 valence electrons. The number of aliphatic hydroxyl groups is 1. The summed E-state index contributed by atoms with van der Waals surface area (Å²) in [4.78, 5) is 0. The zero-order valence-corrected chi connectivity index (χ0v) is 8.37. The van der Waals surface area contributed by atoms with Gasteiger partial charge in [-0.25, -0.2) is 0 Å². The predicted molar refractivity (Wildman–Crippen MR) is 50.7 cm³/mol. The first-order valence-corrected chi connectivity index (χ1v) is 5.09. The summed E-state index contributed by atoms with van der Waals surface area (Å²) in [6.45, 7) is 2.33. The summed E-state index contributed by atoms with van der Waals surface area (Å²) in [5.74, 6) is 0.352. The van der Waals surface area contributed by atoms with Crippen molar-refractivity contribution in [3.05, 3.63) is 0 Å². The smallest absolute Gasteiger partial charge is 0.0591 e. The van der Waals surface area contributed by atoms with Crippen LogP contribution in [0.15, 0.2) is 0 Å². The Kier molecular flexibility index (Phi) is 5.35. The van der Waals surface area contributed by atoms with Gasteiger partial charge in [0.05, 0.1) is 12.7 Å². The molecule has 2 unspecified atom stereocenters. The van der Waals surface area contributed by atoms with Crippen molar-refractivity contribution < 1.29 is 14.6 Å². The molecule has 1 N–H and O–H groups in total. The van der Waals surface area contributed by atoms with Gasteiger partial charge in [0.25, 0.3) is 0 Å². The number of rotatable bonds is 5. The van der Waals surface area contributed by atoms with E-state index in [-0.39, 0.29) is 6.10 Å². The number of hydrogen-bond donors (Lipinski definition) is 1. The molecule has 13 heavy (non-hydrogen) atoms. The Labute approximate surface area is 80.0 Å². The lowest BCUT2D eigenvalue weighted by atomic mass is 9.93. The van der Waals surface area contributed by atoms with Crippen LogP contribution in [0.1, 0.15) is 25.7 Å². The summed E-state index contributed by atoms with van der Waals surface area (Å²) >= 11 is 0. The largest absolute Gasteiger partial charge is 0.393 e. The number of methoxy groups -OCH3 is 1. The van der Waals surface area contributed by atoms with Gasteiger partial charge in [0.15, 0.2) is 0 Å². The summed E-state index contributed by atoms with van der Waals surface area (Å²) in [7, 11) is 1.69. The minimum Gasteiger partial charge on any atom is -0.393 e. The van der Waals surface area contributed by atoms with E-state index in [0.717, 1.165) is 45.5 Å². The molecular formula is C10H20O3. The Morgan fingerprint density at radius 1 is 1.62 bits per heavy atom. The fourth-order valence-electron chi connectivity index (χ4n) is 1.74. The van der Waals surface area contributed by atoms with Gasteiger partial charge >= 0.3 is 0 Å². The van der Waals surface area contributed by atoms with Crippen molar-refractivity contribution in [2.75, 3.05) is 26.9 Å². The number of hydrogen-bond acceptors (Lipinski definition) is 3. The second kappa shape index (κ2) is 6.35.